The quantitative estimate of drug-likeness (QED) is 0.578. The van der Waals surface area contributed by atoms with Gasteiger partial charge in [0.2, 0.25) is 26.0 Å². The number of amides is 1. The normalized spacial score (nSPS) is 16.2. The Morgan fingerprint density at radius 2 is 1.76 bits per heavy atom. The Morgan fingerprint density at radius 1 is 1.12 bits per heavy atom. The van der Waals surface area contributed by atoms with Gasteiger partial charge >= 0.3 is 0 Å². The van der Waals surface area contributed by atoms with E-state index in [9.17, 15) is 21.6 Å². The Morgan fingerprint density at radius 3 is 2.30 bits per heavy atom. The lowest BCUT2D eigenvalue weighted by Gasteiger charge is -2.30. The number of ether oxygens (including phenoxy) is 1. The molecule has 1 atom stereocenters. The van der Waals surface area contributed by atoms with Crippen LogP contribution in [0.5, 0.6) is 0 Å². The zero-order valence-electron chi connectivity index (χ0n) is 18.3. The first-order valence-corrected chi connectivity index (χ1v) is 13.9. The van der Waals surface area contributed by atoms with Gasteiger partial charge < -0.3 is 10.1 Å². The van der Waals surface area contributed by atoms with E-state index in [4.69, 9.17) is 16.3 Å². The molecule has 0 unspecified atom stereocenters. The highest BCUT2D eigenvalue weighted by Crippen LogP contribution is 2.26. The number of morpholine rings is 1. The number of hydrogen-bond acceptors (Lipinski definition) is 6. The van der Waals surface area contributed by atoms with Crippen molar-refractivity contribution in [1.82, 2.24) is 4.31 Å². The largest absolute Gasteiger partial charge is 0.379 e. The smallest absolute Gasteiger partial charge is 0.248 e. The topological polar surface area (TPSA) is 113 Å². The third kappa shape index (κ3) is 6.04. The molecule has 0 aliphatic carbocycles. The first kappa shape index (κ1) is 25.4. The molecule has 1 saturated heterocycles. The highest BCUT2D eigenvalue weighted by atomic mass is 35.5. The molecule has 0 saturated carbocycles. The lowest BCUT2D eigenvalue weighted by molar-refractivity contribution is -0.117. The van der Waals surface area contributed by atoms with E-state index >= 15 is 0 Å². The number of sulfonamides is 2. The van der Waals surface area contributed by atoms with E-state index in [1.54, 1.807) is 25.1 Å². The van der Waals surface area contributed by atoms with Gasteiger partial charge in [-0.25, -0.2) is 16.8 Å². The molecule has 2 aromatic rings. The van der Waals surface area contributed by atoms with Crippen LogP contribution in [0.1, 0.15) is 13.3 Å². The van der Waals surface area contributed by atoms with Gasteiger partial charge in [0.15, 0.2) is 0 Å². The van der Waals surface area contributed by atoms with Crippen molar-refractivity contribution in [3.8, 4) is 0 Å². The Kier molecular flexibility index (Phi) is 8.01. The van der Waals surface area contributed by atoms with E-state index in [0.717, 1.165) is 10.6 Å². The third-order valence-corrected chi connectivity index (χ3v) is 8.45. The van der Waals surface area contributed by atoms with Gasteiger partial charge in [-0.3, -0.25) is 9.10 Å². The minimum absolute atomic E-state index is 0.103. The van der Waals surface area contributed by atoms with Crippen molar-refractivity contribution in [3.63, 3.8) is 0 Å². The molecular weight excluding hydrogens is 490 g/mol. The summed E-state index contributed by atoms with van der Waals surface area (Å²) in [6.07, 6.45) is 1.23. The summed E-state index contributed by atoms with van der Waals surface area (Å²) < 4.78 is 58.2. The van der Waals surface area contributed by atoms with Gasteiger partial charge in [-0.15, -0.1) is 0 Å². The molecule has 0 aromatic heterocycles. The summed E-state index contributed by atoms with van der Waals surface area (Å²) in [6.45, 7) is 2.95. The van der Waals surface area contributed by atoms with Crippen LogP contribution < -0.4 is 9.62 Å². The van der Waals surface area contributed by atoms with Crippen LogP contribution in [0.3, 0.4) is 0 Å². The van der Waals surface area contributed by atoms with Crippen LogP contribution in [0.25, 0.3) is 0 Å². The summed E-state index contributed by atoms with van der Waals surface area (Å²) in [6, 6.07) is 11.0. The summed E-state index contributed by atoms with van der Waals surface area (Å²) in [5.41, 5.74) is 0.623. The van der Waals surface area contributed by atoms with E-state index in [2.05, 4.69) is 5.32 Å². The van der Waals surface area contributed by atoms with Crippen molar-refractivity contribution in [2.24, 2.45) is 0 Å². The van der Waals surface area contributed by atoms with Gasteiger partial charge in [0.25, 0.3) is 0 Å². The number of carbonyl (C=O) groups excluding carboxylic acids is 1. The molecule has 1 heterocycles. The lowest BCUT2D eigenvalue weighted by Crippen LogP contribution is -2.47. The van der Waals surface area contributed by atoms with Crippen LogP contribution >= 0.6 is 11.6 Å². The number of carbonyl (C=O) groups is 1. The van der Waals surface area contributed by atoms with Crippen molar-refractivity contribution >= 4 is 48.9 Å². The highest BCUT2D eigenvalue weighted by Gasteiger charge is 2.32. The average Bonchev–Trinajstić information content (AvgIpc) is 2.77. The van der Waals surface area contributed by atoms with Crippen molar-refractivity contribution in [2.45, 2.75) is 24.3 Å². The Bertz CT molecular complexity index is 1200. The standard InChI is InChI=1S/C21H26ClN3O6S2/c1-3-20(25(32(2,27)28)18-6-4-5-16(22)15-18)21(26)23-17-7-9-19(10-8-17)33(29,30)24-11-13-31-14-12-24/h4-10,15,20H,3,11-14H2,1-2H3,(H,23,26)/t20-/m0/s1. The Balaban J connectivity index is 1.81. The molecule has 12 heteroatoms. The maximum atomic E-state index is 13.0. The molecule has 33 heavy (non-hydrogen) atoms. The zero-order chi connectivity index (χ0) is 24.2. The van der Waals surface area contributed by atoms with E-state index in [1.165, 1.54) is 34.6 Å². The number of hydrogen-bond donors (Lipinski definition) is 1. The van der Waals surface area contributed by atoms with Gasteiger partial charge in [0.05, 0.1) is 30.1 Å². The molecule has 2 aromatic carbocycles. The molecule has 1 fully saturated rings. The van der Waals surface area contributed by atoms with Crippen LogP contribution in [0.4, 0.5) is 11.4 Å². The zero-order valence-corrected chi connectivity index (χ0v) is 20.7. The van der Waals surface area contributed by atoms with Crippen molar-refractivity contribution in [1.29, 1.82) is 0 Å². The van der Waals surface area contributed by atoms with Gasteiger partial charge in [-0.1, -0.05) is 24.6 Å². The molecule has 1 aliphatic rings. The first-order chi connectivity index (χ1) is 15.5. The fourth-order valence-electron chi connectivity index (χ4n) is 3.55. The van der Waals surface area contributed by atoms with E-state index in [1.807, 2.05) is 0 Å². The van der Waals surface area contributed by atoms with Crippen molar-refractivity contribution < 1.29 is 26.4 Å². The maximum Gasteiger partial charge on any atom is 0.248 e. The second-order valence-corrected chi connectivity index (χ2v) is 11.7. The Hall–Kier alpha value is -2.18. The average molecular weight is 516 g/mol. The van der Waals surface area contributed by atoms with Crippen LogP contribution in [-0.4, -0.2) is 65.6 Å². The van der Waals surface area contributed by atoms with E-state index in [-0.39, 0.29) is 30.1 Å². The van der Waals surface area contributed by atoms with E-state index < -0.39 is 32.0 Å². The first-order valence-electron chi connectivity index (χ1n) is 10.3. The SMILES string of the molecule is CC[C@@H](C(=O)Nc1ccc(S(=O)(=O)N2CCOCC2)cc1)N(c1cccc(Cl)c1)S(C)(=O)=O. The molecule has 0 bridgehead atoms. The number of halogens is 1. The van der Waals surface area contributed by atoms with Gasteiger partial charge in [0.1, 0.15) is 6.04 Å². The third-order valence-electron chi connectivity index (χ3n) is 5.12. The summed E-state index contributed by atoms with van der Waals surface area (Å²) >= 11 is 6.02. The predicted molar refractivity (Wildman–Crippen MR) is 128 cm³/mol. The van der Waals surface area contributed by atoms with Gasteiger partial charge in [0, 0.05) is 23.8 Å². The molecule has 180 valence electrons. The van der Waals surface area contributed by atoms with E-state index in [0.29, 0.717) is 23.9 Å². The summed E-state index contributed by atoms with van der Waals surface area (Å²) in [4.78, 5) is 13.1. The van der Waals surface area contributed by atoms with Crippen LogP contribution in [0.2, 0.25) is 5.02 Å². The van der Waals surface area contributed by atoms with Gasteiger partial charge in [-0.2, -0.15) is 4.31 Å². The monoisotopic (exact) mass is 515 g/mol. The van der Waals surface area contributed by atoms with Crippen molar-refractivity contribution in [2.75, 3.05) is 42.2 Å². The van der Waals surface area contributed by atoms with Gasteiger partial charge in [-0.05, 0) is 48.9 Å². The van der Waals surface area contributed by atoms with Crippen molar-refractivity contribution in [3.05, 3.63) is 53.6 Å². The molecule has 1 N–H and O–H groups in total. The number of anilines is 2. The molecule has 3 rings (SSSR count). The number of rotatable bonds is 8. The number of nitrogens with one attached hydrogen (secondary N) is 1. The molecule has 1 aliphatic heterocycles. The fraction of sp³-hybridized carbons (Fsp3) is 0.381. The van der Waals surface area contributed by atoms with Crippen LogP contribution in [0.15, 0.2) is 53.4 Å². The number of nitrogens with zero attached hydrogens (tertiary/aromatic N) is 2. The second-order valence-electron chi connectivity index (χ2n) is 7.49. The minimum Gasteiger partial charge on any atom is -0.379 e. The highest BCUT2D eigenvalue weighted by molar-refractivity contribution is 7.92. The minimum atomic E-state index is -3.80. The Labute approximate surface area is 199 Å². The number of benzene rings is 2. The van der Waals surface area contributed by atoms with Crippen LogP contribution in [-0.2, 0) is 29.6 Å². The summed E-state index contributed by atoms with van der Waals surface area (Å²) in [7, 11) is -7.46. The second kappa shape index (κ2) is 10.4. The summed E-state index contributed by atoms with van der Waals surface area (Å²) in [5.74, 6) is -0.549. The molecule has 9 nitrogen and oxygen atoms in total. The van der Waals surface area contributed by atoms with Crippen LogP contribution in [0, 0.1) is 0 Å². The molecule has 0 spiro atoms. The molecule has 0 radical (unpaired) electrons. The molecular formula is C21H26ClN3O6S2. The fourth-order valence-corrected chi connectivity index (χ4v) is 6.34. The predicted octanol–water partition coefficient (Wildman–Crippen LogP) is 2.54. The summed E-state index contributed by atoms with van der Waals surface area (Å²) in [5, 5.41) is 3.02. The molecule has 1 amide bonds. The lowest BCUT2D eigenvalue weighted by atomic mass is 10.2. The maximum absolute atomic E-state index is 13.0.